The molecule has 0 saturated carbocycles. The van der Waals surface area contributed by atoms with E-state index in [0.717, 1.165) is 33.6 Å². The van der Waals surface area contributed by atoms with Crippen molar-refractivity contribution in [1.29, 1.82) is 0 Å². The highest BCUT2D eigenvalue weighted by atomic mass is 32.2. The van der Waals surface area contributed by atoms with Gasteiger partial charge < -0.3 is 34.1 Å². The molecule has 4 N–H and O–H groups in total. The lowest BCUT2D eigenvalue weighted by Crippen LogP contribution is -2.53. The van der Waals surface area contributed by atoms with Crippen LogP contribution in [-0.2, 0) is 19.3 Å². The second kappa shape index (κ2) is 13.0. The maximum absolute atomic E-state index is 7.31. The molecule has 1 aliphatic heterocycles. The van der Waals surface area contributed by atoms with Crippen molar-refractivity contribution in [1.82, 2.24) is 19.7 Å². The number of ether oxygens (including phenoxy) is 1. The number of nitrogen functional groups attached to an aromatic ring is 2. The van der Waals surface area contributed by atoms with Crippen molar-refractivity contribution >= 4 is 50.9 Å². The van der Waals surface area contributed by atoms with Crippen LogP contribution in [0.4, 0.5) is 11.5 Å². The molecule has 0 bridgehead atoms. The van der Waals surface area contributed by atoms with Crippen molar-refractivity contribution in [2.24, 2.45) is 0 Å². The van der Waals surface area contributed by atoms with E-state index in [-0.39, 0.29) is 28.4 Å². The third-order valence-corrected chi connectivity index (χ3v) is 20.3. The molecular formula is C34H52N6O4SSi2. The topological polar surface area (TPSA) is 136 Å². The predicted octanol–water partition coefficient (Wildman–Crippen LogP) is 8.17. The number of rotatable bonds is 10. The number of fused-ring (bicyclic) bond motifs is 1. The molecule has 1 saturated heterocycles. The van der Waals surface area contributed by atoms with Crippen molar-refractivity contribution in [2.75, 3.05) is 17.2 Å². The van der Waals surface area contributed by atoms with E-state index in [4.69, 9.17) is 29.6 Å². The van der Waals surface area contributed by atoms with Crippen LogP contribution in [0.5, 0.6) is 0 Å². The van der Waals surface area contributed by atoms with Gasteiger partial charge in [-0.15, -0.1) is 0 Å². The van der Waals surface area contributed by atoms with E-state index in [0.29, 0.717) is 23.0 Å². The first-order valence-electron chi connectivity index (χ1n) is 16.3. The number of benzene rings is 1. The Bertz CT molecular complexity index is 1690. The highest BCUT2D eigenvalue weighted by Gasteiger charge is 2.54. The van der Waals surface area contributed by atoms with Crippen LogP contribution in [0.2, 0.25) is 36.3 Å². The summed E-state index contributed by atoms with van der Waals surface area (Å²) in [5.74, 6) is 2.60. The third kappa shape index (κ3) is 7.20. The molecule has 4 atom stereocenters. The molecule has 256 valence electrons. The lowest BCUT2D eigenvalue weighted by molar-refractivity contribution is -0.0244. The number of hydrogen-bond acceptors (Lipinski definition) is 10. The minimum atomic E-state index is -2.28. The van der Waals surface area contributed by atoms with Gasteiger partial charge in [0.25, 0.3) is 0 Å². The fourth-order valence-electron chi connectivity index (χ4n) is 5.26. The summed E-state index contributed by atoms with van der Waals surface area (Å²) in [7, 11) is -4.53. The van der Waals surface area contributed by atoms with Gasteiger partial charge in [-0.05, 0) is 73.5 Å². The smallest absolute Gasteiger partial charge is 0.192 e. The number of nitrogens with zero attached hydrogens (tertiary/aromatic N) is 4. The van der Waals surface area contributed by atoms with Gasteiger partial charge >= 0.3 is 0 Å². The molecule has 0 unspecified atom stereocenters. The van der Waals surface area contributed by atoms with Crippen LogP contribution >= 0.6 is 11.8 Å². The van der Waals surface area contributed by atoms with Crippen LogP contribution in [0.25, 0.3) is 22.4 Å². The molecule has 3 aromatic heterocycles. The van der Waals surface area contributed by atoms with Crippen molar-refractivity contribution in [3.63, 3.8) is 0 Å². The molecule has 10 nitrogen and oxygen atoms in total. The number of anilines is 2. The molecule has 0 amide bonds. The normalized spacial score (nSPS) is 21.2. The fraction of sp³-hybridized carbons (Fsp3) is 0.559. The Kier molecular flexibility index (Phi) is 9.83. The Morgan fingerprint density at radius 1 is 0.894 bits per heavy atom. The zero-order valence-electron chi connectivity index (χ0n) is 29.7. The minimum absolute atomic E-state index is 0.000318. The summed E-state index contributed by atoms with van der Waals surface area (Å²) in [6, 6.07) is 9.66. The van der Waals surface area contributed by atoms with Crippen molar-refractivity contribution in [3.8, 4) is 11.3 Å². The summed E-state index contributed by atoms with van der Waals surface area (Å²) in [6.07, 6.45) is 2.14. The summed E-state index contributed by atoms with van der Waals surface area (Å²) < 4.78 is 29.5. The van der Waals surface area contributed by atoms with Crippen LogP contribution in [0.15, 0.2) is 47.4 Å². The van der Waals surface area contributed by atoms with Crippen LogP contribution < -0.4 is 11.5 Å². The number of thioether (sulfide) groups is 1. The van der Waals surface area contributed by atoms with E-state index in [1.54, 1.807) is 11.8 Å². The molecule has 1 aliphatic rings. The first kappa shape index (κ1) is 35.6. The maximum atomic E-state index is 7.31. The SMILES string of the molecule is Cc1noc(-c2ccc(N)cc2)c1CSC[C@H]1O[C@@H](n2ccc3c(N)ncnc32)[C@H](O[Si](C)(C)C(C)(C)C)[C@@H]1O[Si](C)(C)C(C)(C)C. The van der Waals surface area contributed by atoms with Gasteiger partial charge in [-0.25, -0.2) is 9.97 Å². The standard InChI is InChI=1S/C34H52N6O4SSi2/c1-21-25(27(42-39-21)22-12-14-23(35)15-13-22)18-45-19-26-28(43-46(8,9)33(2,3)4)29(44-47(10,11)34(5,6)7)32(41-26)40-17-16-24-30(36)37-20-38-31(24)40/h12-17,20,26,28-29,32H,18-19,35H2,1-11H3,(H2,36,37,38)/t26-,28-,29-,32-/m1/s1. The molecular weight excluding hydrogens is 645 g/mol. The van der Waals surface area contributed by atoms with Gasteiger partial charge in [0.1, 0.15) is 30.0 Å². The number of aromatic nitrogens is 4. The van der Waals surface area contributed by atoms with Crippen molar-refractivity contribution < 1.29 is 18.1 Å². The molecule has 4 heterocycles. The molecule has 47 heavy (non-hydrogen) atoms. The first-order valence-corrected chi connectivity index (χ1v) is 23.2. The van der Waals surface area contributed by atoms with Gasteiger partial charge in [-0.2, -0.15) is 11.8 Å². The third-order valence-electron chi connectivity index (χ3n) is 10.3. The molecule has 4 aromatic rings. The van der Waals surface area contributed by atoms with Crippen molar-refractivity contribution in [2.45, 2.75) is 115 Å². The number of nitrogens with two attached hydrogens (primary N) is 2. The summed E-state index contributed by atoms with van der Waals surface area (Å²) in [5, 5.41) is 5.08. The van der Waals surface area contributed by atoms with Crippen LogP contribution in [0.3, 0.4) is 0 Å². The summed E-state index contributed by atoms with van der Waals surface area (Å²) in [5.41, 5.74) is 16.5. The van der Waals surface area contributed by atoms with E-state index in [9.17, 15) is 0 Å². The number of aryl methyl sites for hydroxylation is 1. The van der Waals surface area contributed by atoms with Crippen molar-refractivity contribution in [3.05, 3.63) is 54.1 Å². The Hall–Kier alpha value is -2.69. The highest BCUT2D eigenvalue weighted by Crippen LogP contribution is 2.47. The van der Waals surface area contributed by atoms with E-state index in [2.05, 4.69) is 87.4 Å². The van der Waals surface area contributed by atoms with Gasteiger partial charge in [-0.1, -0.05) is 46.7 Å². The largest absolute Gasteiger partial charge is 0.408 e. The Morgan fingerprint density at radius 3 is 2.13 bits per heavy atom. The van der Waals surface area contributed by atoms with Gasteiger partial charge in [-0.3, -0.25) is 0 Å². The summed E-state index contributed by atoms with van der Waals surface area (Å²) >= 11 is 1.79. The average Bonchev–Trinajstić information content (AvgIpc) is 3.64. The molecule has 0 aliphatic carbocycles. The van der Waals surface area contributed by atoms with Gasteiger partial charge in [0.2, 0.25) is 0 Å². The quantitative estimate of drug-likeness (QED) is 0.123. The van der Waals surface area contributed by atoms with Crippen LogP contribution in [0.1, 0.15) is 59.0 Å². The molecule has 13 heteroatoms. The average molecular weight is 697 g/mol. The van der Waals surface area contributed by atoms with Gasteiger partial charge in [0.05, 0.1) is 17.2 Å². The highest BCUT2D eigenvalue weighted by molar-refractivity contribution is 7.98. The summed E-state index contributed by atoms with van der Waals surface area (Å²) in [4.78, 5) is 8.84. The minimum Gasteiger partial charge on any atom is -0.408 e. The lowest BCUT2D eigenvalue weighted by atomic mass is 10.1. The summed E-state index contributed by atoms with van der Waals surface area (Å²) in [6.45, 7) is 24.8. The van der Waals surface area contributed by atoms with E-state index in [1.807, 2.05) is 43.5 Å². The van der Waals surface area contributed by atoms with Crippen LogP contribution in [-0.4, -0.2) is 60.4 Å². The van der Waals surface area contributed by atoms with Crippen LogP contribution in [0, 0.1) is 6.92 Å². The molecule has 1 aromatic carbocycles. The number of hydrogen-bond donors (Lipinski definition) is 2. The molecule has 0 radical (unpaired) electrons. The second-order valence-electron chi connectivity index (χ2n) is 15.7. The lowest BCUT2D eigenvalue weighted by Gasteiger charge is -2.44. The monoisotopic (exact) mass is 696 g/mol. The Morgan fingerprint density at radius 2 is 1.51 bits per heavy atom. The van der Waals surface area contributed by atoms with Gasteiger partial charge in [0, 0.05) is 34.5 Å². The second-order valence-corrected chi connectivity index (χ2v) is 26.2. The van der Waals surface area contributed by atoms with E-state index in [1.165, 1.54) is 6.33 Å². The first-order chi connectivity index (χ1) is 21.8. The Balaban J connectivity index is 1.51. The molecule has 5 rings (SSSR count). The zero-order chi connectivity index (χ0) is 34.5. The van der Waals surface area contributed by atoms with E-state index < -0.39 is 22.9 Å². The Labute approximate surface area is 285 Å². The maximum Gasteiger partial charge on any atom is 0.192 e. The van der Waals surface area contributed by atoms with Gasteiger partial charge in [0.15, 0.2) is 28.6 Å². The fourth-order valence-corrected chi connectivity index (χ4v) is 9.03. The zero-order valence-corrected chi connectivity index (χ0v) is 32.6. The predicted molar refractivity (Wildman–Crippen MR) is 197 cm³/mol. The van der Waals surface area contributed by atoms with E-state index >= 15 is 0 Å². The molecule has 1 fully saturated rings. The molecule has 0 spiro atoms.